The second kappa shape index (κ2) is 6.68. The largest absolute Gasteiger partial charge is 0.392 e. The molecule has 0 radical (unpaired) electrons. The number of nitrogens with two attached hydrogens (primary N) is 1. The van der Waals surface area contributed by atoms with Crippen LogP contribution in [0, 0.1) is 5.41 Å². The zero-order valence-electron chi connectivity index (χ0n) is 11.7. The molecule has 0 fully saturated rings. The summed E-state index contributed by atoms with van der Waals surface area (Å²) in [6.07, 6.45) is 0. The standard InChI is InChI=1S/C12H23N3O2S/c1-6-15(7-9(16)14-8(2)3)11(17)12(4,5)10(13)18/h8H,6-7H2,1-5H3,(H2,13,18)(H,14,16). The summed E-state index contributed by atoms with van der Waals surface area (Å²) in [6.45, 7) is 9.36. The highest BCUT2D eigenvalue weighted by atomic mass is 32.1. The third kappa shape index (κ3) is 4.60. The van der Waals surface area contributed by atoms with Crippen LogP contribution in [0.4, 0.5) is 0 Å². The van der Waals surface area contributed by atoms with E-state index >= 15 is 0 Å². The molecular weight excluding hydrogens is 250 g/mol. The summed E-state index contributed by atoms with van der Waals surface area (Å²) >= 11 is 4.89. The summed E-state index contributed by atoms with van der Waals surface area (Å²) in [5.41, 5.74) is 4.63. The Labute approximate surface area is 114 Å². The average molecular weight is 273 g/mol. The number of amides is 2. The van der Waals surface area contributed by atoms with E-state index in [0.717, 1.165) is 0 Å². The van der Waals surface area contributed by atoms with Gasteiger partial charge in [-0.25, -0.2) is 0 Å². The molecule has 0 heterocycles. The Bertz CT molecular complexity index is 340. The van der Waals surface area contributed by atoms with Gasteiger partial charge in [0.05, 0.1) is 16.9 Å². The van der Waals surface area contributed by atoms with Gasteiger partial charge < -0.3 is 16.0 Å². The average Bonchev–Trinajstić information content (AvgIpc) is 2.23. The van der Waals surface area contributed by atoms with Crippen molar-refractivity contribution in [3.05, 3.63) is 0 Å². The van der Waals surface area contributed by atoms with Crippen molar-refractivity contribution in [3.8, 4) is 0 Å². The smallest absolute Gasteiger partial charge is 0.239 e. The Morgan fingerprint density at radius 2 is 1.89 bits per heavy atom. The van der Waals surface area contributed by atoms with E-state index in [1.165, 1.54) is 4.90 Å². The summed E-state index contributed by atoms with van der Waals surface area (Å²) in [7, 11) is 0. The Hall–Kier alpha value is -1.17. The zero-order valence-corrected chi connectivity index (χ0v) is 12.6. The molecule has 2 amide bonds. The highest BCUT2D eigenvalue weighted by molar-refractivity contribution is 7.80. The van der Waals surface area contributed by atoms with Crippen molar-refractivity contribution in [2.45, 2.75) is 40.7 Å². The fraction of sp³-hybridized carbons (Fsp3) is 0.750. The van der Waals surface area contributed by atoms with Gasteiger partial charge in [0.15, 0.2) is 0 Å². The molecule has 0 bridgehead atoms. The molecule has 6 heteroatoms. The molecule has 5 nitrogen and oxygen atoms in total. The lowest BCUT2D eigenvalue weighted by atomic mass is 9.91. The van der Waals surface area contributed by atoms with Crippen molar-refractivity contribution in [1.82, 2.24) is 10.2 Å². The molecule has 0 aromatic rings. The molecule has 0 saturated heterocycles. The van der Waals surface area contributed by atoms with Gasteiger partial charge in [0.25, 0.3) is 0 Å². The summed E-state index contributed by atoms with van der Waals surface area (Å²) in [5.74, 6) is -0.407. The number of carbonyl (C=O) groups excluding carboxylic acids is 2. The van der Waals surface area contributed by atoms with Gasteiger partial charge in [0, 0.05) is 12.6 Å². The molecule has 0 aliphatic rings. The molecule has 0 spiro atoms. The Balaban J connectivity index is 4.74. The lowest BCUT2D eigenvalue weighted by Gasteiger charge is -2.30. The molecule has 0 unspecified atom stereocenters. The van der Waals surface area contributed by atoms with Crippen molar-refractivity contribution in [2.75, 3.05) is 13.1 Å². The van der Waals surface area contributed by atoms with E-state index in [1.54, 1.807) is 13.8 Å². The number of nitrogens with one attached hydrogen (secondary N) is 1. The molecule has 0 aliphatic carbocycles. The number of carbonyl (C=O) groups is 2. The van der Waals surface area contributed by atoms with Crippen LogP contribution in [-0.4, -0.2) is 40.8 Å². The van der Waals surface area contributed by atoms with Gasteiger partial charge in [0.1, 0.15) is 0 Å². The normalized spacial score (nSPS) is 11.2. The lowest BCUT2D eigenvalue weighted by Crippen LogP contribution is -2.50. The molecule has 0 aromatic carbocycles. The van der Waals surface area contributed by atoms with Gasteiger partial charge in [0.2, 0.25) is 11.8 Å². The molecule has 0 saturated carbocycles. The Morgan fingerprint density at radius 3 is 2.22 bits per heavy atom. The van der Waals surface area contributed by atoms with Crippen molar-refractivity contribution in [2.24, 2.45) is 11.1 Å². The number of thiocarbonyl (C=S) groups is 1. The summed E-state index contributed by atoms with van der Waals surface area (Å²) < 4.78 is 0. The monoisotopic (exact) mass is 273 g/mol. The van der Waals surface area contributed by atoms with Crippen molar-refractivity contribution >= 4 is 29.0 Å². The first kappa shape index (κ1) is 16.8. The molecule has 0 rings (SSSR count). The highest BCUT2D eigenvalue weighted by Crippen LogP contribution is 2.19. The van der Waals surface area contributed by atoms with Gasteiger partial charge in [-0.1, -0.05) is 12.2 Å². The van der Waals surface area contributed by atoms with E-state index in [9.17, 15) is 9.59 Å². The lowest BCUT2D eigenvalue weighted by molar-refractivity contribution is -0.140. The minimum absolute atomic E-state index is 0.0273. The Morgan fingerprint density at radius 1 is 1.39 bits per heavy atom. The summed E-state index contributed by atoms with van der Waals surface area (Å²) in [4.78, 5) is 25.5. The number of hydrogen-bond acceptors (Lipinski definition) is 3. The van der Waals surface area contributed by atoms with E-state index in [4.69, 9.17) is 18.0 Å². The first-order valence-corrected chi connectivity index (χ1v) is 6.42. The van der Waals surface area contributed by atoms with Crippen molar-refractivity contribution in [3.63, 3.8) is 0 Å². The molecule has 18 heavy (non-hydrogen) atoms. The topological polar surface area (TPSA) is 75.4 Å². The first-order valence-electron chi connectivity index (χ1n) is 6.01. The van der Waals surface area contributed by atoms with E-state index in [0.29, 0.717) is 6.54 Å². The van der Waals surface area contributed by atoms with E-state index in [1.807, 2.05) is 20.8 Å². The molecule has 3 N–H and O–H groups in total. The predicted molar refractivity (Wildman–Crippen MR) is 76.1 cm³/mol. The molecule has 0 atom stereocenters. The summed E-state index contributed by atoms with van der Waals surface area (Å²) in [6, 6.07) is 0.0508. The maximum atomic E-state index is 12.2. The van der Waals surface area contributed by atoms with Crippen LogP contribution in [0.15, 0.2) is 0 Å². The van der Waals surface area contributed by atoms with Crippen LogP contribution < -0.4 is 11.1 Å². The zero-order chi connectivity index (χ0) is 14.5. The van der Waals surface area contributed by atoms with Crippen LogP contribution in [-0.2, 0) is 9.59 Å². The second-order valence-corrected chi connectivity index (χ2v) is 5.47. The minimum Gasteiger partial charge on any atom is -0.392 e. The van der Waals surface area contributed by atoms with E-state index in [-0.39, 0.29) is 29.4 Å². The number of rotatable bonds is 6. The van der Waals surface area contributed by atoms with E-state index in [2.05, 4.69) is 5.32 Å². The van der Waals surface area contributed by atoms with Gasteiger partial charge >= 0.3 is 0 Å². The third-order valence-corrected chi connectivity index (χ3v) is 3.11. The quantitative estimate of drug-likeness (QED) is 0.698. The minimum atomic E-state index is -0.927. The highest BCUT2D eigenvalue weighted by Gasteiger charge is 2.34. The van der Waals surface area contributed by atoms with Crippen LogP contribution >= 0.6 is 12.2 Å². The van der Waals surface area contributed by atoms with Gasteiger partial charge in [-0.15, -0.1) is 0 Å². The third-order valence-electron chi connectivity index (χ3n) is 2.60. The first-order chi connectivity index (χ1) is 8.12. The molecule has 0 aliphatic heterocycles. The van der Waals surface area contributed by atoms with E-state index < -0.39 is 5.41 Å². The molecule has 104 valence electrons. The van der Waals surface area contributed by atoms with Crippen LogP contribution in [0.1, 0.15) is 34.6 Å². The van der Waals surface area contributed by atoms with Crippen LogP contribution in [0.5, 0.6) is 0 Å². The van der Waals surface area contributed by atoms with Gasteiger partial charge in [-0.05, 0) is 34.6 Å². The Kier molecular flexibility index (Phi) is 6.25. The summed E-state index contributed by atoms with van der Waals surface area (Å²) in [5, 5.41) is 2.75. The van der Waals surface area contributed by atoms with Gasteiger partial charge in [-0.3, -0.25) is 9.59 Å². The predicted octanol–water partition coefficient (Wildman–Crippen LogP) is 0.672. The molecule has 0 aromatic heterocycles. The maximum absolute atomic E-state index is 12.2. The van der Waals surface area contributed by atoms with Crippen molar-refractivity contribution in [1.29, 1.82) is 0 Å². The number of nitrogens with zero attached hydrogens (tertiary/aromatic N) is 1. The second-order valence-electron chi connectivity index (χ2n) is 5.03. The fourth-order valence-electron chi connectivity index (χ4n) is 1.37. The fourth-order valence-corrected chi connectivity index (χ4v) is 1.46. The number of hydrogen-bond donors (Lipinski definition) is 2. The number of likely N-dealkylation sites (N-methyl/N-ethyl adjacent to an activating group) is 1. The maximum Gasteiger partial charge on any atom is 0.239 e. The van der Waals surface area contributed by atoms with Gasteiger partial charge in [-0.2, -0.15) is 0 Å². The van der Waals surface area contributed by atoms with Crippen LogP contribution in [0.2, 0.25) is 0 Å². The van der Waals surface area contributed by atoms with Crippen LogP contribution in [0.25, 0.3) is 0 Å². The molecular formula is C12H23N3O2S. The SMILES string of the molecule is CCN(CC(=O)NC(C)C)C(=O)C(C)(C)C(N)=S. The van der Waals surface area contributed by atoms with Crippen LogP contribution in [0.3, 0.4) is 0 Å². The van der Waals surface area contributed by atoms with Crippen molar-refractivity contribution < 1.29 is 9.59 Å².